The third-order valence-corrected chi connectivity index (χ3v) is 19.4. The number of ether oxygens (including phenoxy) is 2. The largest absolute Gasteiger partial charge is 0.457 e. The summed E-state index contributed by atoms with van der Waals surface area (Å²) in [5, 5.41) is 0. The first kappa shape index (κ1) is 46.3. The van der Waals surface area contributed by atoms with Crippen LogP contribution in [0.5, 0.6) is 23.0 Å². The molecule has 382 valence electrons. The van der Waals surface area contributed by atoms with Gasteiger partial charge >= 0.3 is 0 Å². The molecule has 6 aliphatic rings. The molecule has 4 heteroatoms. The summed E-state index contributed by atoms with van der Waals surface area (Å²) in [5.74, 6) is 3.64. The molecule has 0 atom stereocenters. The summed E-state index contributed by atoms with van der Waals surface area (Å²) in [6.45, 7) is 18.9. The monoisotopic (exact) mass is 1020 g/mol. The van der Waals surface area contributed by atoms with Crippen LogP contribution in [0.1, 0.15) is 133 Å². The molecular weight excluding hydrogens is 961 g/mol. The van der Waals surface area contributed by atoms with Gasteiger partial charge in [-0.05, 0) is 127 Å². The third-order valence-electron chi connectivity index (χ3n) is 19.4. The number of rotatable bonds is 2. The van der Waals surface area contributed by atoms with Crippen molar-refractivity contribution < 1.29 is 9.47 Å². The molecule has 0 aromatic heterocycles. The number of fused-ring (bicyclic) bond motifs is 17. The van der Waals surface area contributed by atoms with E-state index in [9.17, 15) is 0 Å². The van der Waals surface area contributed by atoms with Crippen LogP contribution in [0.15, 0.2) is 206 Å². The summed E-state index contributed by atoms with van der Waals surface area (Å²) in [6, 6.07) is 77.5. The molecule has 10 aromatic rings. The van der Waals surface area contributed by atoms with Gasteiger partial charge in [0.2, 0.25) is 0 Å². The molecule has 0 saturated heterocycles. The van der Waals surface area contributed by atoms with Gasteiger partial charge in [0.05, 0.1) is 28.2 Å². The molecule has 0 unspecified atom stereocenters. The summed E-state index contributed by atoms with van der Waals surface area (Å²) in [7, 11) is 0. The fourth-order valence-corrected chi connectivity index (χ4v) is 15.3. The molecule has 1 spiro atoms. The lowest BCUT2D eigenvalue weighted by molar-refractivity contribution is 0.416. The number of hydrogen-bond acceptors (Lipinski definition) is 4. The molecule has 79 heavy (non-hydrogen) atoms. The summed E-state index contributed by atoms with van der Waals surface area (Å²) in [5.41, 5.74) is 24.9. The van der Waals surface area contributed by atoms with Crippen LogP contribution in [0.2, 0.25) is 0 Å². The van der Waals surface area contributed by atoms with Crippen molar-refractivity contribution in [3.8, 4) is 34.1 Å². The molecule has 0 amide bonds. The van der Waals surface area contributed by atoms with Crippen molar-refractivity contribution in [3.05, 3.63) is 284 Å². The van der Waals surface area contributed by atoms with E-state index >= 15 is 0 Å². The third kappa shape index (κ3) is 5.99. The van der Waals surface area contributed by atoms with E-state index < -0.39 is 5.41 Å². The first-order valence-electron chi connectivity index (χ1n) is 28.1. The SMILES string of the molecule is CC1(C)c2ccccc2Oc2cc3c(cc21)C(C)(C)c1ccccc1N3c1ccc2c(c1)C1(c3cc(N4c5ccccc5C(C)(C)c5cc6c(cc54)Oc4ccccc4C6(C)C)ccc3C=C2)c2ccccc2-c2ccccc21. The second-order valence-electron chi connectivity index (χ2n) is 24.9. The maximum absolute atomic E-state index is 6.94. The lowest BCUT2D eigenvalue weighted by Gasteiger charge is -2.45. The molecule has 0 radical (unpaired) electrons. The molecule has 0 bridgehead atoms. The number of nitrogens with zero attached hydrogens (tertiary/aromatic N) is 2. The first-order chi connectivity index (χ1) is 38.2. The van der Waals surface area contributed by atoms with Gasteiger partial charge in [-0.3, -0.25) is 0 Å². The second kappa shape index (κ2) is 15.7. The quantitative estimate of drug-likeness (QED) is 0.172. The minimum Gasteiger partial charge on any atom is -0.457 e. The Labute approximate surface area is 463 Å². The summed E-state index contributed by atoms with van der Waals surface area (Å²) < 4.78 is 13.9. The van der Waals surface area contributed by atoms with E-state index in [2.05, 4.69) is 284 Å². The average Bonchev–Trinajstić information content (AvgIpc) is 3.36. The van der Waals surface area contributed by atoms with Crippen LogP contribution in [0.4, 0.5) is 34.1 Å². The molecule has 10 aromatic carbocycles. The highest BCUT2D eigenvalue weighted by Crippen LogP contribution is 2.63. The Morgan fingerprint density at radius 2 is 0.620 bits per heavy atom. The zero-order valence-electron chi connectivity index (χ0n) is 46.0. The minimum atomic E-state index is -0.721. The molecule has 4 nitrogen and oxygen atoms in total. The zero-order valence-corrected chi connectivity index (χ0v) is 46.0. The Morgan fingerprint density at radius 3 is 1.05 bits per heavy atom. The van der Waals surface area contributed by atoms with Gasteiger partial charge in [-0.25, -0.2) is 0 Å². The van der Waals surface area contributed by atoms with E-state index in [4.69, 9.17) is 9.47 Å². The van der Waals surface area contributed by atoms with Crippen molar-refractivity contribution in [2.45, 2.75) is 82.5 Å². The Hall–Kier alpha value is -8.86. The van der Waals surface area contributed by atoms with Crippen LogP contribution in [0.3, 0.4) is 0 Å². The number of benzene rings is 10. The Kier molecular flexibility index (Phi) is 9.17. The predicted octanol–water partition coefficient (Wildman–Crippen LogP) is 19.6. The van der Waals surface area contributed by atoms with Crippen molar-refractivity contribution in [2.75, 3.05) is 9.80 Å². The Morgan fingerprint density at radius 1 is 0.266 bits per heavy atom. The summed E-state index contributed by atoms with van der Waals surface area (Å²) in [4.78, 5) is 5.04. The van der Waals surface area contributed by atoms with Crippen molar-refractivity contribution >= 4 is 46.3 Å². The van der Waals surface area contributed by atoms with E-state index in [-0.39, 0.29) is 21.7 Å². The van der Waals surface area contributed by atoms with Gasteiger partial charge in [0.1, 0.15) is 23.0 Å². The lowest BCUT2D eigenvalue weighted by atomic mass is 9.65. The maximum Gasteiger partial charge on any atom is 0.133 e. The second-order valence-corrected chi connectivity index (χ2v) is 24.9. The van der Waals surface area contributed by atoms with Crippen LogP contribution in [0, 0.1) is 0 Å². The van der Waals surface area contributed by atoms with Crippen LogP contribution in [-0.4, -0.2) is 0 Å². The van der Waals surface area contributed by atoms with Crippen LogP contribution < -0.4 is 19.3 Å². The molecule has 0 saturated carbocycles. The van der Waals surface area contributed by atoms with Crippen molar-refractivity contribution in [3.63, 3.8) is 0 Å². The lowest BCUT2D eigenvalue weighted by Crippen LogP contribution is -2.34. The van der Waals surface area contributed by atoms with Crippen LogP contribution >= 0.6 is 0 Å². The van der Waals surface area contributed by atoms with Gasteiger partial charge in [0.25, 0.3) is 0 Å². The van der Waals surface area contributed by atoms with E-state index in [0.29, 0.717) is 0 Å². The Bertz CT molecular complexity index is 4080. The van der Waals surface area contributed by atoms with E-state index in [0.717, 1.165) is 45.7 Å². The minimum absolute atomic E-state index is 0.264. The van der Waals surface area contributed by atoms with Gasteiger partial charge in [-0.15, -0.1) is 0 Å². The maximum atomic E-state index is 6.94. The normalized spacial score (nSPS) is 17.5. The smallest absolute Gasteiger partial charge is 0.133 e. The van der Waals surface area contributed by atoms with Gasteiger partial charge in [-0.2, -0.15) is 0 Å². The number of hydrogen-bond donors (Lipinski definition) is 0. The van der Waals surface area contributed by atoms with E-state index in [1.54, 1.807) is 0 Å². The highest BCUT2D eigenvalue weighted by molar-refractivity contribution is 5.96. The fraction of sp³-hybridized carbons (Fsp3) is 0.173. The molecule has 4 heterocycles. The molecule has 4 aliphatic heterocycles. The van der Waals surface area contributed by atoms with Gasteiger partial charge in [0.15, 0.2) is 0 Å². The van der Waals surface area contributed by atoms with Crippen LogP contribution in [0.25, 0.3) is 23.3 Å². The highest BCUT2D eigenvalue weighted by Gasteiger charge is 2.51. The predicted molar refractivity (Wildman–Crippen MR) is 324 cm³/mol. The van der Waals surface area contributed by atoms with E-state index in [1.165, 1.54) is 100 Å². The van der Waals surface area contributed by atoms with Gasteiger partial charge in [-0.1, -0.05) is 201 Å². The molecule has 2 aliphatic carbocycles. The Balaban J connectivity index is 0.944. The van der Waals surface area contributed by atoms with Crippen LogP contribution in [-0.2, 0) is 27.1 Å². The highest BCUT2D eigenvalue weighted by atomic mass is 16.5. The van der Waals surface area contributed by atoms with E-state index in [1.807, 2.05) is 0 Å². The molecular formula is C75H60N2O2. The summed E-state index contributed by atoms with van der Waals surface area (Å²) in [6.07, 6.45) is 4.72. The number of anilines is 6. The fourth-order valence-electron chi connectivity index (χ4n) is 15.3. The molecule has 0 N–H and O–H groups in total. The molecule has 0 fully saturated rings. The topological polar surface area (TPSA) is 24.9 Å². The van der Waals surface area contributed by atoms with Gasteiger partial charge < -0.3 is 19.3 Å². The summed E-state index contributed by atoms with van der Waals surface area (Å²) >= 11 is 0. The van der Waals surface area contributed by atoms with Gasteiger partial charge in [0, 0.05) is 67.4 Å². The average molecular weight is 1020 g/mol. The van der Waals surface area contributed by atoms with Crippen molar-refractivity contribution in [1.82, 2.24) is 0 Å². The number of para-hydroxylation sites is 4. The van der Waals surface area contributed by atoms with Crippen molar-refractivity contribution in [1.29, 1.82) is 0 Å². The first-order valence-corrected chi connectivity index (χ1v) is 28.1. The molecule has 16 rings (SSSR count). The van der Waals surface area contributed by atoms with Crippen molar-refractivity contribution in [2.24, 2.45) is 0 Å². The standard InChI is InChI=1S/C75H60N2O2/c1-71(2)53-25-13-17-29-63(53)76(65-43-69-61(41-59(65)71)73(5,6)55-27-15-19-31-67(55)78-69)47-37-35-45-33-34-46-36-38-48(40-58(46)75(57(45)39-47)51-23-11-9-21-49(51)50-22-10-12-24-52(50)75)77-64-30-18-14-26-54(64)72(3,4)60-42-62-70(44-66(60)77)79-68-32-20-16-28-56(68)74(62,7)8/h9-44H,1-8H3. The zero-order chi connectivity index (χ0) is 53.5.